The van der Waals surface area contributed by atoms with E-state index in [1.165, 1.54) is 5.48 Å². The van der Waals surface area contributed by atoms with Crippen molar-refractivity contribution in [3.63, 3.8) is 0 Å². The van der Waals surface area contributed by atoms with Crippen molar-refractivity contribution in [3.05, 3.63) is 30.3 Å². The number of anilines is 1. The largest absolute Gasteiger partial charge is 0.347 e. The van der Waals surface area contributed by atoms with Crippen molar-refractivity contribution in [1.29, 1.82) is 0 Å². The van der Waals surface area contributed by atoms with Crippen molar-refractivity contribution in [2.24, 2.45) is 0 Å². The molecule has 0 saturated heterocycles. The lowest BCUT2D eigenvalue weighted by Crippen LogP contribution is -2.35. The number of hydrogen-bond donors (Lipinski definition) is 4. The van der Waals surface area contributed by atoms with Gasteiger partial charge < -0.3 is 10.6 Å². The SMILES string of the molecule is O=C(CNC(=O)CCC(=O)Nc1ccccc1)NO. The second-order valence-corrected chi connectivity index (χ2v) is 3.73. The van der Waals surface area contributed by atoms with Crippen LogP contribution in [0.2, 0.25) is 0 Å². The summed E-state index contributed by atoms with van der Waals surface area (Å²) in [7, 11) is 0. The van der Waals surface area contributed by atoms with E-state index in [4.69, 9.17) is 5.21 Å². The number of amides is 3. The van der Waals surface area contributed by atoms with E-state index in [0.29, 0.717) is 5.69 Å². The van der Waals surface area contributed by atoms with Gasteiger partial charge in [0.05, 0.1) is 6.54 Å². The maximum absolute atomic E-state index is 11.5. The van der Waals surface area contributed by atoms with Crippen molar-refractivity contribution in [3.8, 4) is 0 Å². The molecule has 7 heteroatoms. The zero-order valence-electron chi connectivity index (χ0n) is 10.2. The number of nitrogens with one attached hydrogen (secondary N) is 3. The highest BCUT2D eigenvalue weighted by molar-refractivity contribution is 5.93. The molecule has 1 aromatic carbocycles. The van der Waals surface area contributed by atoms with Gasteiger partial charge in [-0.25, -0.2) is 5.48 Å². The molecule has 7 nitrogen and oxygen atoms in total. The van der Waals surface area contributed by atoms with E-state index in [0.717, 1.165) is 0 Å². The molecule has 0 fully saturated rings. The third-order valence-corrected chi connectivity index (χ3v) is 2.21. The highest BCUT2D eigenvalue weighted by Gasteiger charge is 2.08. The summed E-state index contributed by atoms with van der Waals surface area (Å²) in [6, 6.07) is 8.88. The number of hydroxylamine groups is 1. The molecule has 0 unspecified atom stereocenters. The Labute approximate surface area is 110 Å². The van der Waals surface area contributed by atoms with E-state index in [-0.39, 0.29) is 25.3 Å². The number of hydrogen-bond acceptors (Lipinski definition) is 4. The van der Waals surface area contributed by atoms with Crippen molar-refractivity contribution < 1.29 is 19.6 Å². The molecule has 1 rings (SSSR count). The summed E-state index contributed by atoms with van der Waals surface area (Å²) >= 11 is 0. The lowest BCUT2D eigenvalue weighted by atomic mass is 10.2. The van der Waals surface area contributed by atoms with Crippen LogP contribution in [0.1, 0.15) is 12.8 Å². The molecule has 0 bridgehead atoms. The van der Waals surface area contributed by atoms with E-state index < -0.39 is 11.8 Å². The van der Waals surface area contributed by atoms with E-state index in [1.807, 2.05) is 6.07 Å². The molecule has 0 aliphatic heterocycles. The predicted molar refractivity (Wildman–Crippen MR) is 67.2 cm³/mol. The van der Waals surface area contributed by atoms with Gasteiger partial charge in [-0.3, -0.25) is 19.6 Å². The third kappa shape index (κ3) is 6.18. The molecule has 0 spiro atoms. The van der Waals surface area contributed by atoms with Gasteiger partial charge in [-0.2, -0.15) is 0 Å². The Hall–Kier alpha value is -2.41. The second kappa shape index (κ2) is 7.83. The number of carbonyl (C=O) groups excluding carboxylic acids is 3. The average molecular weight is 265 g/mol. The van der Waals surface area contributed by atoms with Gasteiger partial charge in [0.2, 0.25) is 11.8 Å². The maximum atomic E-state index is 11.5. The third-order valence-electron chi connectivity index (χ3n) is 2.21. The number of para-hydroxylation sites is 1. The first kappa shape index (κ1) is 14.7. The minimum atomic E-state index is -0.720. The summed E-state index contributed by atoms with van der Waals surface area (Å²) < 4.78 is 0. The van der Waals surface area contributed by atoms with E-state index in [1.54, 1.807) is 24.3 Å². The Morgan fingerprint density at radius 3 is 2.21 bits per heavy atom. The molecule has 0 aliphatic rings. The molecule has 0 atom stereocenters. The molecule has 19 heavy (non-hydrogen) atoms. The highest BCUT2D eigenvalue weighted by atomic mass is 16.5. The second-order valence-electron chi connectivity index (χ2n) is 3.73. The van der Waals surface area contributed by atoms with Crippen LogP contribution < -0.4 is 16.1 Å². The summed E-state index contributed by atoms with van der Waals surface area (Å²) in [4.78, 5) is 33.4. The van der Waals surface area contributed by atoms with Gasteiger partial charge in [0.25, 0.3) is 5.91 Å². The number of benzene rings is 1. The van der Waals surface area contributed by atoms with Crippen LogP contribution in [0.3, 0.4) is 0 Å². The van der Waals surface area contributed by atoms with Crippen LogP contribution in [0.25, 0.3) is 0 Å². The highest BCUT2D eigenvalue weighted by Crippen LogP contribution is 2.05. The smallest absolute Gasteiger partial charge is 0.262 e. The van der Waals surface area contributed by atoms with Crippen LogP contribution >= 0.6 is 0 Å². The maximum Gasteiger partial charge on any atom is 0.262 e. The van der Waals surface area contributed by atoms with Crippen LogP contribution in [0.5, 0.6) is 0 Å². The lowest BCUT2D eigenvalue weighted by Gasteiger charge is -2.05. The normalized spacial score (nSPS) is 9.53. The van der Waals surface area contributed by atoms with Crippen molar-refractivity contribution in [1.82, 2.24) is 10.8 Å². The van der Waals surface area contributed by atoms with Gasteiger partial charge in [-0.05, 0) is 12.1 Å². The van der Waals surface area contributed by atoms with Gasteiger partial charge in [0, 0.05) is 18.5 Å². The summed E-state index contributed by atoms with van der Waals surface area (Å²) in [6.45, 7) is -0.324. The molecule has 3 amide bonds. The van der Waals surface area contributed by atoms with Crippen LogP contribution in [-0.4, -0.2) is 29.5 Å². The summed E-state index contributed by atoms with van der Waals surface area (Å²) in [5, 5.41) is 13.1. The van der Waals surface area contributed by atoms with E-state index in [9.17, 15) is 14.4 Å². The monoisotopic (exact) mass is 265 g/mol. The van der Waals surface area contributed by atoms with Crippen LogP contribution in [-0.2, 0) is 14.4 Å². The molecule has 0 saturated carbocycles. The summed E-state index contributed by atoms with van der Waals surface area (Å²) in [5.74, 6) is -1.44. The standard InChI is InChI=1S/C12H15N3O4/c16-10(13-8-12(18)15-19)6-7-11(17)14-9-4-2-1-3-5-9/h1-5,19H,6-8H2,(H,13,16)(H,14,17)(H,15,18). The van der Waals surface area contributed by atoms with Gasteiger partial charge in [-0.15, -0.1) is 0 Å². The van der Waals surface area contributed by atoms with Gasteiger partial charge in [0.1, 0.15) is 0 Å². The van der Waals surface area contributed by atoms with Crippen molar-refractivity contribution in [2.75, 3.05) is 11.9 Å². The first-order valence-electron chi connectivity index (χ1n) is 5.66. The fraction of sp³-hybridized carbons (Fsp3) is 0.250. The van der Waals surface area contributed by atoms with Gasteiger partial charge in [-0.1, -0.05) is 18.2 Å². The van der Waals surface area contributed by atoms with Crippen molar-refractivity contribution >= 4 is 23.4 Å². The first-order chi connectivity index (χ1) is 9.11. The minimum absolute atomic E-state index is 0.0153. The van der Waals surface area contributed by atoms with Crippen LogP contribution in [0, 0.1) is 0 Å². The molecule has 0 aromatic heterocycles. The van der Waals surface area contributed by atoms with Crippen LogP contribution in [0.15, 0.2) is 30.3 Å². The molecule has 0 radical (unpaired) electrons. The Bertz CT molecular complexity index is 448. The molecular weight excluding hydrogens is 250 g/mol. The van der Waals surface area contributed by atoms with Crippen LogP contribution in [0.4, 0.5) is 5.69 Å². The fourth-order valence-electron chi connectivity index (χ4n) is 1.28. The Balaban J connectivity index is 2.23. The predicted octanol–water partition coefficient (Wildman–Crippen LogP) is 0.0269. The topological polar surface area (TPSA) is 108 Å². The number of carbonyl (C=O) groups is 3. The average Bonchev–Trinajstić information content (AvgIpc) is 2.43. The first-order valence-corrected chi connectivity index (χ1v) is 5.66. The minimum Gasteiger partial charge on any atom is -0.347 e. The Morgan fingerprint density at radius 2 is 1.58 bits per heavy atom. The fourth-order valence-corrected chi connectivity index (χ4v) is 1.28. The Morgan fingerprint density at radius 1 is 0.947 bits per heavy atom. The zero-order valence-corrected chi connectivity index (χ0v) is 10.2. The zero-order chi connectivity index (χ0) is 14.1. The summed E-state index contributed by atoms with van der Waals surface area (Å²) in [6.07, 6.45) is -0.0150. The lowest BCUT2D eigenvalue weighted by molar-refractivity contribution is -0.131. The molecular formula is C12H15N3O4. The van der Waals surface area contributed by atoms with Crippen molar-refractivity contribution in [2.45, 2.75) is 12.8 Å². The van der Waals surface area contributed by atoms with Gasteiger partial charge >= 0.3 is 0 Å². The molecule has 102 valence electrons. The number of rotatable bonds is 6. The Kier molecular flexibility index (Phi) is 6.04. The molecule has 1 aromatic rings. The molecule has 0 heterocycles. The molecule has 4 N–H and O–H groups in total. The summed E-state index contributed by atoms with van der Waals surface area (Å²) in [5.41, 5.74) is 2.04. The quantitative estimate of drug-likeness (QED) is 0.430. The van der Waals surface area contributed by atoms with E-state index >= 15 is 0 Å². The van der Waals surface area contributed by atoms with Gasteiger partial charge in [0.15, 0.2) is 0 Å². The molecule has 0 aliphatic carbocycles. The van der Waals surface area contributed by atoms with E-state index in [2.05, 4.69) is 10.6 Å².